The second kappa shape index (κ2) is 15.3. The van der Waals surface area contributed by atoms with Gasteiger partial charge in [0.1, 0.15) is 5.82 Å². The molecule has 280 valence electrons. The van der Waals surface area contributed by atoms with E-state index in [4.69, 9.17) is 14.8 Å². The predicted molar refractivity (Wildman–Crippen MR) is 220 cm³/mol. The molecule has 54 heavy (non-hydrogen) atoms. The van der Waals surface area contributed by atoms with Crippen LogP contribution in [0.2, 0.25) is 0 Å². The molecule has 7 aromatic rings. The second-order valence-electron chi connectivity index (χ2n) is 16.6. The maximum Gasteiger partial charge on any atom is 2.00 e. The van der Waals surface area contributed by atoms with Crippen molar-refractivity contribution < 1.29 is 25.8 Å². The topological polar surface area (TPSA) is 44.9 Å². The van der Waals surface area contributed by atoms with Gasteiger partial charge in [0, 0.05) is 34.5 Å². The van der Waals surface area contributed by atoms with E-state index in [9.17, 15) is 0 Å². The van der Waals surface area contributed by atoms with E-state index in [-0.39, 0.29) is 26.5 Å². The van der Waals surface area contributed by atoms with Crippen molar-refractivity contribution in [1.29, 1.82) is 0 Å². The second-order valence-corrected chi connectivity index (χ2v) is 16.6. The quantitative estimate of drug-likeness (QED) is 0.136. The Morgan fingerprint density at radius 2 is 1.44 bits per heavy atom. The van der Waals surface area contributed by atoms with Gasteiger partial charge in [-0.15, -0.1) is 41.3 Å². The van der Waals surface area contributed by atoms with E-state index < -0.39 is 0 Å². The van der Waals surface area contributed by atoms with Crippen LogP contribution in [0.4, 0.5) is 0 Å². The molecular formula is C48H52N4OPt. The zero-order valence-corrected chi connectivity index (χ0v) is 35.8. The average Bonchev–Trinajstić information content (AvgIpc) is 3.59. The normalized spacial score (nSPS) is 12.0. The number of aromatic nitrogens is 4. The summed E-state index contributed by atoms with van der Waals surface area (Å²) in [5.41, 5.74) is 12.5. The van der Waals surface area contributed by atoms with E-state index in [2.05, 4.69) is 170 Å². The van der Waals surface area contributed by atoms with Crippen molar-refractivity contribution in [2.45, 2.75) is 99.8 Å². The number of ether oxygens (including phenoxy) is 1. The third-order valence-corrected chi connectivity index (χ3v) is 10.3. The van der Waals surface area contributed by atoms with E-state index >= 15 is 0 Å². The number of fused-ring (bicyclic) bond motifs is 3. The first-order valence-corrected chi connectivity index (χ1v) is 19.1. The number of hydrogen-bond acceptors (Lipinski definition) is 3. The van der Waals surface area contributed by atoms with Gasteiger partial charge in [-0.3, -0.25) is 4.68 Å². The van der Waals surface area contributed by atoms with Gasteiger partial charge >= 0.3 is 21.1 Å². The smallest absolute Gasteiger partial charge is 0.509 e. The van der Waals surface area contributed by atoms with Gasteiger partial charge in [-0.2, -0.15) is 11.2 Å². The molecule has 0 saturated carbocycles. The van der Waals surface area contributed by atoms with Crippen molar-refractivity contribution in [3.8, 4) is 34.1 Å². The Labute approximate surface area is 336 Å². The fraction of sp³-hybridized carbons (Fsp3) is 0.333. The van der Waals surface area contributed by atoms with Gasteiger partial charge in [-0.1, -0.05) is 104 Å². The van der Waals surface area contributed by atoms with Crippen molar-refractivity contribution >= 4 is 21.8 Å². The van der Waals surface area contributed by atoms with Crippen LogP contribution in [0.15, 0.2) is 85.1 Å². The molecule has 0 radical (unpaired) electrons. The zero-order chi connectivity index (χ0) is 37.8. The van der Waals surface area contributed by atoms with Crippen molar-refractivity contribution in [3.63, 3.8) is 0 Å². The first kappa shape index (κ1) is 39.2. The SMILES string of the molecule is Cc1nn(-c2[c-]c(Oc3[c-]c4c(cc3)c3ccccc3n4-c3cc(CC(C)C)ccn3)cc(C(C)(C)C)c2)c(C)c1-c1c(C(C)C)cccc1C(C)C.[Pt+2]. The van der Waals surface area contributed by atoms with Gasteiger partial charge in [0.2, 0.25) is 0 Å². The van der Waals surface area contributed by atoms with E-state index in [1.54, 1.807) is 0 Å². The molecule has 0 atom stereocenters. The number of benzene rings is 4. The van der Waals surface area contributed by atoms with Gasteiger partial charge in [-0.25, -0.2) is 4.98 Å². The summed E-state index contributed by atoms with van der Waals surface area (Å²) in [6, 6.07) is 35.3. The summed E-state index contributed by atoms with van der Waals surface area (Å²) in [6.07, 6.45) is 2.91. The van der Waals surface area contributed by atoms with Crippen LogP contribution < -0.4 is 4.74 Å². The molecule has 0 bridgehead atoms. The third kappa shape index (κ3) is 7.45. The molecule has 0 saturated heterocycles. The summed E-state index contributed by atoms with van der Waals surface area (Å²) in [5.74, 6) is 3.44. The first-order chi connectivity index (χ1) is 25.2. The van der Waals surface area contributed by atoms with Crippen LogP contribution >= 0.6 is 0 Å². The van der Waals surface area contributed by atoms with Crippen LogP contribution in [0, 0.1) is 31.9 Å². The van der Waals surface area contributed by atoms with Crippen LogP contribution in [-0.4, -0.2) is 19.3 Å². The fourth-order valence-electron chi connectivity index (χ4n) is 7.68. The number of aryl methyl sites for hydroxylation is 1. The van der Waals surface area contributed by atoms with Gasteiger partial charge in [0.15, 0.2) is 0 Å². The van der Waals surface area contributed by atoms with Crippen LogP contribution in [0.3, 0.4) is 0 Å². The van der Waals surface area contributed by atoms with E-state index in [1.165, 1.54) is 27.8 Å². The number of hydrogen-bond donors (Lipinski definition) is 0. The molecule has 0 fully saturated rings. The minimum absolute atomic E-state index is 0. The van der Waals surface area contributed by atoms with Crippen LogP contribution in [0.1, 0.15) is 108 Å². The van der Waals surface area contributed by atoms with Gasteiger partial charge in [0.25, 0.3) is 0 Å². The Morgan fingerprint density at radius 1 is 0.741 bits per heavy atom. The molecule has 4 aromatic carbocycles. The van der Waals surface area contributed by atoms with Crippen LogP contribution in [-0.2, 0) is 32.9 Å². The van der Waals surface area contributed by atoms with Gasteiger partial charge < -0.3 is 9.30 Å². The predicted octanol–water partition coefficient (Wildman–Crippen LogP) is 12.8. The Hall–Kier alpha value is -4.47. The number of pyridine rings is 1. The molecule has 0 N–H and O–H groups in total. The standard InChI is InChI=1S/C48H52N4O.Pt/c1-29(2)23-34-21-22-49-45(24-34)51-43-18-13-12-15-41(43)42-20-19-37(28-44(42)51)53-38-26-35(48(9,10)11)25-36(27-38)52-33(8)46(32(7)50-52)47-39(30(3)4)16-14-17-40(47)31(5)6;/h12-22,24-26,29-31H,23H2,1-11H3;/q-2;+2. The molecule has 0 spiro atoms. The minimum Gasteiger partial charge on any atom is -0.509 e. The summed E-state index contributed by atoms with van der Waals surface area (Å²) in [4.78, 5) is 4.84. The monoisotopic (exact) mass is 895 g/mol. The summed E-state index contributed by atoms with van der Waals surface area (Å²) in [7, 11) is 0. The molecule has 0 aliphatic carbocycles. The van der Waals surface area contributed by atoms with Crippen molar-refractivity contribution in [1.82, 2.24) is 19.3 Å². The maximum absolute atomic E-state index is 6.72. The van der Waals surface area contributed by atoms with Crippen molar-refractivity contribution in [3.05, 3.63) is 131 Å². The van der Waals surface area contributed by atoms with Crippen molar-refractivity contribution in [2.24, 2.45) is 5.92 Å². The van der Waals surface area contributed by atoms with E-state index in [0.29, 0.717) is 29.3 Å². The summed E-state index contributed by atoms with van der Waals surface area (Å²) in [5, 5.41) is 7.44. The summed E-state index contributed by atoms with van der Waals surface area (Å²) >= 11 is 0. The molecular weight excluding hydrogens is 844 g/mol. The Kier molecular flexibility index (Phi) is 11.1. The number of para-hydroxylation sites is 1. The Balaban J connectivity index is 0.00000497. The first-order valence-electron chi connectivity index (χ1n) is 19.1. The summed E-state index contributed by atoms with van der Waals surface area (Å²) < 4.78 is 11.0. The molecule has 0 amide bonds. The molecule has 6 heteroatoms. The maximum atomic E-state index is 6.72. The fourth-order valence-corrected chi connectivity index (χ4v) is 7.68. The molecule has 5 nitrogen and oxygen atoms in total. The third-order valence-electron chi connectivity index (χ3n) is 10.3. The largest absolute Gasteiger partial charge is 2.00 e. The molecule has 7 rings (SSSR count). The molecule has 0 unspecified atom stereocenters. The number of nitrogens with zero attached hydrogens (tertiary/aromatic N) is 4. The zero-order valence-electron chi connectivity index (χ0n) is 33.5. The Morgan fingerprint density at radius 3 is 2.11 bits per heavy atom. The Bertz CT molecular complexity index is 2430. The molecule has 0 aliphatic rings. The van der Waals surface area contributed by atoms with Crippen LogP contribution in [0.25, 0.3) is 44.4 Å². The van der Waals surface area contributed by atoms with Crippen molar-refractivity contribution in [2.75, 3.05) is 0 Å². The molecule has 3 heterocycles. The van der Waals surface area contributed by atoms with Gasteiger partial charge in [-0.05, 0) is 95.0 Å². The minimum atomic E-state index is -0.136. The van der Waals surface area contributed by atoms with Crippen LogP contribution in [0.5, 0.6) is 11.5 Å². The van der Waals surface area contributed by atoms with E-state index in [0.717, 1.165) is 56.7 Å². The van der Waals surface area contributed by atoms with Gasteiger partial charge in [0.05, 0.1) is 5.69 Å². The molecule has 0 aliphatic heterocycles. The molecule has 3 aromatic heterocycles. The van der Waals surface area contributed by atoms with E-state index in [1.807, 2.05) is 12.3 Å². The summed E-state index contributed by atoms with van der Waals surface area (Å²) in [6.45, 7) is 24.6. The average molecular weight is 896 g/mol. The number of rotatable bonds is 9.